The monoisotopic (exact) mass is 612 g/mol. The largest absolute Gasteiger partial charge is 1.00 e. The van der Waals surface area contributed by atoms with E-state index >= 15 is 0 Å². The second-order valence-corrected chi connectivity index (χ2v) is 14.0. The van der Waals surface area contributed by atoms with Crippen molar-refractivity contribution >= 4 is 0 Å². The molecular formula is C40H82ClN. The van der Waals surface area contributed by atoms with Crippen LogP contribution in [0.4, 0.5) is 0 Å². The maximum atomic E-state index is 2.47. The number of hydrogen-bond acceptors (Lipinski definition) is 0. The van der Waals surface area contributed by atoms with Crippen LogP contribution in [-0.2, 0) is 0 Å². The van der Waals surface area contributed by atoms with Crippen LogP contribution in [0.2, 0.25) is 0 Å². The Bertz CT molecular complexity index is 466. The molecule has 0 saturated carbocycles. The predicted molar refractivity (Wildman–Crippen MR) is 190 cm³/mol. The van der Waals surface area contributed by atoms with Gasteiger partial charge in [0, 0.05) is 0 Å². The summed E-state index contributed by atoms with van der Waals surface area (Å²) >= 11 is 0. The van der Waals surface area contributed by atoms with E-state index in [1.165, 1.54) is 219 Å². The molecule has 0 rings (SSSR count). The Hall–Kier alpha value is -0.0100. The van der Waals surface area contributed by atoms with E-state index in [2.05, 4.69) is 40.1 Å². The summed E-state index contributed by atoms with van der Waals surface area (Å²) in [6, 6.07) is 0. The summed E-state index contributed by atoms with van der Waals surface area (Å²) in [5, 5.41) is 0. The van der Waals surface area contributed by atoms with Crippen LogP contribution in [0.1, 0.15) is 226 Å². The van der Waals surface area contributed by atoms with Gasteiger partial charge in [-0.05, 0) is 38.7 Å². The first-order valence-corrected chi connectivity index (χ1v) is 19.7. The van der Waals surface area contributed by atoms with E-state index in [1.807, 2.05) is 0 Å². The second kappa shape index (κ2) is 37.2. The van der Waals surface area contributed by atoms with E-state index < -0.39 is 0 Å². The average molecular weight is 613 g/mol. The number of halogens is 1. The van der Waals surface area contributed by atoms with Crippen molar-refractivity contribution in [3.63, 3.8) is 0 Å². The molecule has 1 nitrogen and oxygen atoms in total. The zero-order chi connectivity index (χ0) is 30.0. The Morgan fingerprint density at radius 3 is 0.714 bits per heavy atom. The molecule has 0 aromatic rings. The molecule has 0 bridgehead atoms. The lowest BCUT2D eigenvalue weighted by Crippen LogP contribution is -3.00. The summed E-state index contributed by atoms with van der Waals surface area (Å²) in [4.78, 5) is 0. The van der Waals surface area contributed by atoms with Gasteiger partial charge in [-0.1, -0.05) is 194 Å². The molecular weight excluding hydrogens is 530 g/mol. The number of allylic oxidation sites excluding steroid dienone is 1. The average Bonchev–Trinajstić information content (AvgIpc) is 2.97. The minimum absolute atomic E-state index is 0. The van der Waals surface area contributed by atoms with Crippen LogP contribution in [0.15, 0.2) is 12.3 Å². The first kappa shape index (κ1) is 44.1. The van der Waals surface area contributed by atoms with Gasteiger partial charge in [0.2, 0.25) is 0 Å². The molecule has 0 aliphatic carbocycles. The van der Waals surface area contributed by atoms with Gasteiger partial charge in [0.05, 0.1) is 26.3 Å². The summed E-state index contributed by atoms with van der Waals surface area (Å²) in [7, 11) is 2.47. The van der Waals surface area contributed by atoms with Crippen molar-refractivity contribution in [2.24, 2.45) is 0 Å². The van der Waals surface area contributed by atoms with Crippen LogP contribution in [0.3, 0.4) is 0 Å². The summed E-state index contributed by atoms with van der Waals surface area (Å²) in [5.74, 6) is 0. The van der Waals surface area contributed by atoms with E-state index in [4.69, 9.17) is 0 Å². The molecule has 0 spiro atoms. The van der Waals surface area contributed by atoms with Crippen molar-refractivity contribution in [2.75, 3.05) is 20.1 Å². The first-order valence-electron chi connectivity index (χ1n) is 19.7. The summed E-state index contributed by atoms with van der Waals surface area (Å²) < 4.78 is 1.16. The fraction of sp³-hybridized carbons (Fsp3) is 0.950. The molecule has 0 saturated heterocycles. The van der Waals surface area contributed by atoms with Crippen LogP contribution in [0.5, 0.6) is 0 Å². The van der Waals surface area contributed by atoms with Gasteiger partial charge in [-0.15, -0.1) is 0 Å². The van der Waals surface area contributed by atoms with Crippen molar-refractivity contribution in [3.8, 4) is 0 Å². The normalized spacial score (nSPS) is 11.9. The van der Waals surface area contributed by atoms with E-state index in [0.29, 0.717) is 0 Å². The van der Waals surface area contributed by atoms with Crippen molar-refractivity contribution in [1.82, 2.24) is 0 Å². The summed E-state index contributed by atoms with van der Waals surface area (Å²) in [5.41, 5.74) is 0. The molecule has 0 radical (unpaired) electrons. The molecule has 0 aliphatic heterocycles. The molecule has 0 atom stereocenters. The summed E-state index contributed by atoms with van der Waals surface area (Å²) in [6.07, 6.45) is 51.4. The molecule has 0 aromatic heterocycles. The fourth-order valence-electron chi connectivity index (χ4n) is 6.66. The van der Waals surface area contributed by atoms with Gasteiger partial charge in [-0.25, -0.2) is 0 Å². The summed E-state index contributed by atoms with van der Waals surface area (Å²) in [6.45, 7) is 9.49. The highest BCUT2D eigenvalue weighted by molar-refractivity contribution is 4.68. The number of rotatable bonds is 35. The van der Waals surface area contributed by atoms with Crippen LogP contribution in [-0.4, -0.2) is 24.6 Å². The van der Waals surface area contributed by atoms with E-state index in [9.17, 15) is 0 Å². The third-order valence-corrected chi connectivity index (χ3v) is 9.55. The Kier molecular flexibility index (Phi) is 39.1. The van der Waals surface area contributed by atoms with Gasteiger partial charge in [-0.2, -0.15) is 0 Å². The first-order chi connectivity index (χ1) is 20.2. The molecule has 0 amide bonds. The van der Waals surface area contributed by atoms with Gasteiger partial charge < -0.3 is 12.4 Å². The molecule has 2 heteroatoms. The zero-order valence-electron chi connectivity index (χ0n) is 30.0. The van der Waals surface area contributed by atoms with Crippen LogP contribution in [0, 0.1) is 0 Å². The highest BCUT2D eigenvalue weighted by Crippen LogP contribution is 2.17. The maximum absolute atomic E-state index is 2.47. The Balaban J connectivity index is 0. The van der Waals surface area contributed by atoms with Gasteiger partial charge >= 0.3 is 0 Å². The van der Waals surface area contributed by atoms with Gasteiger partial charge in [0.1, 0.15) is 0 Å². The van der Waals surface area contributed by atoms with Crippen molar-refractivity contribution in [3.05, 3.63) is 12.3 Å². The van der Waals surface area contributed by atoms with Gasteiger partial charge in [0.15, 0.2) is 0 Å². The topological polar surface area (TPSA) is 0 Å². The highest BCUT2D eigenvalue weighted by atomic mass is 35.5. The van der Waals surface area contributed by atoms with Crippen LogP contribution >= 0.6 is 0 Å². The third-order valence-electron chi connectivity index (χ3n) is 9.55. The standard InChI is InChI=1S/C40H82N.ClH/c1-5-8-10-12-14-16-18-20-22-24-26-28-30-32-34-36-39-41(4,38-7-3)40-37-35-33-31-29-27-25-23-21-19-17-15-13-11-9-6-2;/h7,38H,5-6,8-37,39-40H2,1-4H3;1H/q+1;/p-1/b38-7+;. The van der Waals surface area contributed by atoms with E-state index in [-0.39, 0.29) is 12.4 Å². The smallest absolute Gasteiger partial charge is 0.0913 e. The minimum Gasteiger partial charge on any atom is -1.00 e. The Labute approximate surface area is 274 Å². The number of hydrogen-bond donors (Lipinski definition) is 0. The van der Waals surface area contributed by atoms with E-state index in [1.54, 1.807) is 0 Å². The lowest BCUT2D eigenvalue weighted by Gasteiger charge is -2.30. The number of unbranched alkanes of at least 4 members (excludes halogenated alkanes) is 30. The fourth-order valence-corrected chi connectivity index (χ4v) is 6.66. The number of nitrogens with zero attached hydrogens (tertiary/aromatic N) is 1. The Morgan fingerprint density at radius 1 is 0.333 bits per heavy atom. The maximum Gasteiger partial charge on any atom is 0.0913 e. The van der Waals surface area contributed by atoms with Gasteiger partial charge in [0.25, 0.3) is 0 Å². The highest BCUT2D eigenvalue weighted by Gasteiger charge is 2.17. The molecule has 42 heavy (non-hydrogen) atoms. The molecule has 0 unspecified atom stereocenters. The van der Waals surface area contributed by atoms with E-state index in [0.717, 1.165) is 4.48 Å². The van der Waals surface area contributed by atoms with Gasteiger partial charge in [-0.3, -0.25) is 4.48 Å². The molecule has 0 aromatic carbocycles. The molecule has 0 N–H and O–H groups in total. The van der Waals surface area contributed by atoms with Crippen LogP contribution < -0.4 is 12.4 Å². The lowest BCUT2D eigenvalue weighted by atomic mass is 10.0. The third kappa shape index (κ3) is 34.5. The van der Waals surface area contributed by atoms with Crippen molar-refractivity contribution in [1.29, 1.82) is 0 Å². The SMILES string of the molecule is C/C=C/[N+](C)(CCCCCCCCCCCCCCCCCC)CCCCCCCCCCCCCCCCCC.[Cl-]. The molecule has 0 heterocycles. The number of quaternary nitrogens is 1. The minimum atomic E-state index is 0. The van der Waals surface area contributed by atoms with Crippen molar-refractivity contribution in [2.45, 2.75) is 226 Å². The Morgan fingerprint density at radius 2 is 0.524 bits per heavy atom. The zero-order valence-corrected chi connectivity index (χ0v) is 30.8. The lowest BCUT2D eigenvalue weighted by molar-refractivity contribution is -0.860. The molecule has 0 aliphatic rings. The quantitative estimate of drug-likeness (QED) is 0.0494. The predicted octanol–water partition coefficient (Wildman–Crippen LogP) is 11.5. The molecule has 0 fully saturated rings. The van der Waals surface area contributed by atoms with Crippen LogP contribution in [0.25, 0.3) is 0 Å². The van der Waals surface area contributed by atoms with Crippen molar-refractivity contribution < 1.29 is 16.9 Å². The second-order valence-electron chi connectivity index (χ2n) is 14.0. The molecule has 254 valence electrons.